The average molecular weight is 665 g/mol. The zero-order valence-electron chi connectivity index (χ0n) is 27.7. The molecule has 0 aromatic heterocycles. The van der Waals surface area contributed by atoms with E-state index in [0.717, 1.165) is 22.3 Å². The molecule has 260 valence electrons. The van der Waals surface area contributed by atoms with Gasteiger partial charge < -0.3 is 44.5 Å². The number of fused-ring (bicyclic) bond motifs is 1. The minimum atomic E-state index is -1.11. The van der Waals surface area contributed by atoms with Gasteiger partial charge in [0.2, 0.25) is 5.91 Å². The molecule has 0 bridgehead atoms. The molecular weight excluding hydrogens is 616 g/mol. The highest BCUT2D eigenvalue weighted by atomic mass is 16.6. The molecule has 11 heteroatoms. The van der Waals surface area contributed by atoms with Crippen LogP contribution in [0.15, 0.2) is 78.9 Å². The number of aliphatic hydroxyl groups excluding tert-OH is 2. The van der Waals surface area contributed by atoms with Crippen LogP contribution in [0, 0.1) is 5.92 Å². The van der Waals surface area contributed by atoms with Gasteiger partial charge in [-0.1, -0.05) is 66.7 Å². The number of alkyl carbamates (subject to hydrolysis) is 1. The third-order valence-corrected chi connectivity index (χ3v) is 8.32. The van der Waals surface area contributed by atoms with E-state index >= 15 is 0 Å². The van der Waals surface area contributed by atoms with Crippen molar-refractivity contribution in [1.82, 2.24) is 10.6 Å². The molecule has 11 nitrogen and oxygen atoms in total. The summed E-state index contributed by atoms with van der Waals surface area (Å²) in [6.45, 7) is 1.93. The van der Waals surface area contributed by atoms with Gasteiger partial charge in [0, 0.05) is 26.6 Å². The summed E-state index contributed by atoms with van der Waals surface area (Å²) in [6, 6.07) is 23.3. The molecule has 3 aromatic rings. The van der Waals surface area contributed by atoms with Crippen molar-refractivity contribution in [2.45, 2.75) is 50.0 Å². The van der Waals surface area contributed by atoms with Gasteiger partial charge in [0.15, 0.2) is 0 Å². The summed E-state index contributed by atoms with van der Waals surface area (Å²) in [5.41, 5.74) is 3.65. The summed E-state index contributed by atoms with van der Waals surface area (Å²) in [6.07, 6.45) is -1.45. The summed E-state index contributed by atoms with van der Waals surface area (Å²) in [4.78, 5) is 26.8. The van der Waals surface area contributed by atoms with Gasteiger partial charge in [-0.3, -0.25) is 4.79 Å². The van der Waals surface area contributed by atoms with Gasteiger partial charge in [0.05, 0.1) is 50.7 Å². The van der Waals surface area contributed by atoms with Crippen molar-refractivity contribution >= 4 is 12.0 Å². The highest BCUT2D eigenvalue weighted by molar-refractivity contribution is 5.80. The van der Waals surface area contributed by atoms with Crippen LogP contribution in [-0.2, 0) is 43.0 Å². The van der Waals surface area contributed by atoms with Crippen LogP contribution in [0.3, 0.4) is 0 Å². The molecule has 48 heavy (non-hydrogen) atoms. The van der Waals surface area contributed by atoms with Crippen molar-refractivity contribution in [3.05, 3.63) is 101 Å². The third-order valence-electron chi connectivity index (χ3n) is 8.32. The van der Waals surface area contributed by atoms with E-state index in [0.29, 0.717) is 51.4 Å². The fourth-order valence-electron chi connectivity index (χ4n) is 5.79. The summed E-state index contributed by atoms with van der Waals surface area (Å²) in [7, 11) is 3.19. The average Bonchev–Trinajstić information content (AvgIpc) is 3.41. The number of carbonyl (C=O) groups excluding carboxylic acids is 2. The topological polar surface area (TPSA) is 145 Å². The van der Waals surface area contributed by atoms with E-state index in [9.17, 15) is 19.8 Å². The minimum absolute atomic E-state index is 0.0328. The van der Waals surface area contributed by atoms with Gasteiger partial charge in [0.1, 0.15) is 19.0 Å². The van der Waals surface area contributed by atoms with Crippen LogP contribution in [0.1, 0.15) is 34.7 Å². The molecule has 3 aromatic carbocycles. The molecule has 0 spiro atoms. The predicted octanol–water partition coefficient (Wildman–Crippen LogP) is 3.40. The Morgan fingerprint density at radius 3 is 2.23 bits per heavy atom. The second-order valence-corrected chi connectivity index (χ2v) is 11.8. The van der Waals surface area contributed by atoms with E-state index in [-0.39, 0.29) is 25.5 Å². The van der Waals surface area contributed by atoms with Crippen LogP contribution in [0.4, 0.5) is 4.79 Å². The first-order valence-corrected chi connectivity index (χ1v) is 16.4. The Labute approximate surface area is 282 Å². The molecule has 0 heterocycles. The van der Waals surface area contributed by atoms with Crippen LogP contribution in [0.25, 0.3) is 0 Å². The van der Waals surface area contributed by atoms with Crippen molar-refractivity contribution in [2.75, 3.05) is 53.9 Å². The van der Waals surface area contributed by atoms with Crippen LogP contribution in [0.5, 0.6) is 5.75 Å². The zero-order chi connectivity index (χ0) is 34.1. The van der Waals surface area contributed by atoms with Gasteiger partial charge in [-0.05, 0) is 53.6 Å². The second-order valence-electron chi connectivity index (χ2n) is 11.8. The third kappa shape index (κ3) is 11.6. The lowest BCUT2D eigenvalue weighted by atomic mass is 9.88. The smallest absolute Gasteiger partial charge is 0.407 e. The van der Waals surface area contributed by atoms with Crippen LogP contribution in [-0.4, -0.2) is 94.3 Å². The van der Waals surface area contributed by atoms with Crippen molar-refractivity contribution in [2.24, 2.45) is 5.92 Å². The maximum absolute atomic E-state index is 14.0. The van der Waals surface area contributed by atoms with Gasteiger partial charge in [0.25, 0.3) is 0 Å². The first kappa shape index (κ1) is 36.8. The van der Waals surface area contributed by atoms with Crippen molar-refractivity contribution in [1.29, 1.82) is 0 Å². The van der Waals surface area contributed by atoms with Gasteiger partial charge in [-0.15, -0.1) is 0 Å². The zero-order valence-corrected chi connectivity index (χ0v) is 27.7. The summed E-state index contributed by atoms with van der Waals surface area (Å²) in [5, 5.41) is 28.4. The normalized spacial score (nSPS) is 17.2. The number of methoxy groups -OCH3 is 2. The highest BCUT2D eigenvalue weighted by Gasteiger charge is 2.35. The van der Waals surface area contributed by atoms with Crippen molar-refractivity contribution in [3.63, 3.8) is 0 Å². The number of rotatable bonds is 20. The molecule has 4 rings (SSSR count). The largest absolute Gasteiger partial charge is 0.491 e. The van der Waals surface area contributed by atoms with Crippen LogP contribution in [0.2, 0.25) is 0 Å². The van der Waals surface area contributed by atoms with E-state index in [4.69, 9.17) is 23.7 Å². The second kappa shape index (κ2) is 19.7. The highest BCUT2D eigenvalue weighted by Crippen LogP contribution is 2.32. The van der Waals surface area contributed by atoms with Gasteiger partial charge in [-0.25, -0.2) is 4.79 Å². The number of aliphatic hydroxyl groups is 2. The monoisotopic (exact) mass is 664 g/mol. The lowest BCUT2D eigenvalue weighted by Gasteiger charge is -2.28. The summed E-state index contributed by atoms with van der Waals surface area (Å²) >= 11 is 0. The molecule has 2 amide bonds. The van der Waals surface area contributed by atoms with E-state index in [2.05, 4.69) is 10.6 Å². The van der Waals surface area contributed by atoms with E-state index in [1.54, 1.807) is 14.2 Å². The van der Waals surface area contributed by atoms with Crippen LogP contribution >= 0.6 is 0 Å². The molecule has 1 aliphatic carbocycles. The number of ether oxygens (including phenoxy) is 5. The van der Waals surface area contributed by atoms with E-state index < -0.39 is 36.3 Å². The van der Waals surface area contributed by atoms with Gasteiger partial charge >= 0.3 is 6.09 Å². The standard InChI is InChI=1S/C37H48N2O9/c1-44-16-18-46-19-21-48-37(43)38-32(23-26-8-4-3-5-9-26)33(40)25-29(22-27-12-14-30(15-13-27)47-20-17-45-2)36(42)39-35-31-11-7-6-10-28(31)24-34(35)41/h3-15,29,32-35,40-41H,16-25H2,1-2H3,(H,38,43)(H,39,42)/t29?,32?,33?,34-,35-/m0/s1. The lowest BCUT2D eigenvalue weighted by molar-refractivity contribution is -0.127. The Balaban J connectivity index is 1.49. The fourth-order valence-corrected chi connectivity index (χ4v) is 5.79. The molecular formula is C37H48N2O9. The molecule has 0 saturated heterocycles. The SMILES string of the molecule is COCCOCCOC(=O)NC(Cc1ccccc1)C(O)CC(Cc1ccc(OCCOC)cc1)C(=O)N[C@H]1c2ccccc2C[C@@H]1O. The van der Waals surface area contributed by atoms with Crippen molar-refractivity contribution in [3.8, 4) is 5.75 Å². The Bertz CT molecular complexity index is 1390. The molecule has 0 saturated carbocycles. The molecule has 0 fully saturated rings. The minimum Gasteiger partial charge on any atom is -0.491 e. The number of benzene rings is 3. The number of hydrogen-bond acceptors (Lipinski definition) is 9. The molecule has 3 unspecified atom stereocenters. The molecule has 0 radical (unpaired) electrons. The fraction of sp³-hybridized carbons (Fsp3) is 0.459. The summed E-state index contributed by atoms with van der Waals surface area (Å²) in [5.74, 6) is -0.313. The number of carbonyl (C=O) groups is 2. The van der Waals surface area contributed by atoms with Gasteiger partial charge in [-0.2, -0.15) is 0 Å². The Morgan fingerprint density at radius 1 is 0.812 bits per heavy atom. The maximum Gasteiger partial charge on any atom is 0.407 e. The van der Waals surface area contributed by atoms with E-state index in [1.165, 1.54) is 0 Å². The lowest BCUT2D eigenvalue weighted by Crippen LogP contribution is -2.47. The van der Waals surface area contributed by atoms with Crippen LogP contribution < -0.4 is 15.4 Å². The van der Waals surface area contributed by atoms with Crippen molar-refractivity contribution < 1.29 is 43.5 Å². The first-order chi connectivity index (χ1) is 23.4. The molecule has 0 aliphatic heterocycles. The Morgan fingerprint density at radius 2 is 1.48 bits per heavy atom. The molecule has 5 atom stereocenters. The Hall–Kier alpha value is -4.00. The number of nitrogens with one attached hydrogen (secondary N) is 2. The number of hydrogen-bond donors (Lipinski definition) is 4. The molecule has 4 N–H and O–H groups in total. The van der Waals surface area contributed by atoms with E-state index in [1.807, 2.05) is 78.9 Å². The predicted molar refractivity (Wildman–Crippen MR) is 180 cm³/mol. The number of amides is 2. The quantitative estimate of drug-likeness (QED) is 0.134. The summed E-state index contributed by atoms with van der Waals surface area (Å²) < 4.78 is 26.4. The molecule has 1 aliphatic rings. The Kier molecular flexibility index (Phi) is 15.1. The maximum atomic E-state index is 14.0. The first-order valence-electron chi connectivity index (χ1n) is 16.4.